The lowest BCUT2D eigenvalue weighted by Crippen LogP contribution is -2.68. The Hall–Kier alpha value is -1.09. The molecule has 0 aromatic carbocycles. The highest BCUT2D eigenvalue weighted by Crippen LogP contribution is 2.32. The van der Waals surface area contributed by atoms with Crippen LogP contribution in [0.25, 0.3) is 0 Å². The fourth-order valence-electron chi connectivity index (χ4n) is 4.40. The van der Waals surface area contributed by atoms with Gasteiger partial charge in [0.2, 0.25) is 5.91 Å². The van der Waals surface area contributed by atoms with Crippen molar-refractivity contribution in [3.05, 3.63) is 0 Å². The smallest absolute Gasteiger partial charge is 0.217 e. The maximum atomic E-state index is 11.5. The Morgan fingerprint density at radius 2 is 1.31 bits per heavy atom. The van der Waals surface area contributed by atoms with Gasteiger partial charge in [-0.25, -0.2) is 0 Å². The van der Waals surface area contributed by atoms with Crippen LogP contribution in [0.1, 0.15) is 13.8 Å². The lowest BCUT2D eigenvalue weighted by atomic mass is 9.95. The van der Waals surface area contributed by atoms with Crippen LogP contribution >= 0.6 is 0 Å². The quantitative estimate of drug-likeness (QED) is 0.147. The molecule has 0 bridgehead atoms. The number of carbonyl (C=O) groups is 1. The summed E-state index contributed by atoms with van der Waals surface area (Å²) in [4.78, 5) is 11.5. The molecule has 0 spiro atoms. The number of nitrogens with one attached hydrogen (secondary N) is 1. The van der Waals surface area contributed by atoms with Crippen LogP contribution < -0.4 is 5.32 Å². The third-order valence-electron chi connectivity index (χ3n) is 6.46. The number of carbonyl (C=O) groups excluding carboxylic acids is 1. The summed E-state index contributed by atoms with van der Waals surface area (Å²) in [6.07, 6.45) is -21.9. The molecule has 0 saturated carbocycles. The fourth-order valence-corrected chi connectivity index (χ4v) is 4.40. The summed E-state index contributed by atoms with van der Waals surface area (Å²) < 4.78 is 27.1. The molecule has 0 aromatic heterocycles. The van der Waals surface area contributed by atoms with E-state index in [0.29, 0.717) is 0 Å². The van der Waals surface area contributed by atoms with Gasteiger partial charge < -0.3 is 75.0 Å². The third kappa shape index (κ3) is 5.97. The number of hydrogen-bond donors (Lipinski definition) is 10. The first-order chi connectivity index (χ1) is 16.9. The molecule has 3 saturated heterocycles. The van der Waals surface area contributed by atoms with Crippen molar-refractivity contribution in [2.75, 3.05) is 13.2 Å². The zero-order valence-electron chi connectivity index (χ0n) is 19.5. The molecular formula is C20H35NO15. The monoisotopic (exact) mass is 529 g/mol. The molecule has 0 aromatic rings. The van der Waals surface area contributed by atoms with E-state index >= 15 is 0 Å². The maximum Gasteiger partial charge on any atom is 0.217 e. The predicted octanol–water partition coefficient (Wildman–Crippen LogP) is -6.40. The van der Waals surface area contributed by atoms with E-state index in [-0.39, 0.29) is 0 Å². The second kappa shape index (κ2) is 12.2. The molecule has 36 heavy (non-hydrogen) atoms. The molecule has 3 fully saturated rings. The van der Waals surface area contributed by atoms with Gasteiger partial charge >= 0.3 is 0 Å². The number of aliphatic hydroxyl groups excluding tert-OH is 9. The molecule has 0 aliphatic carbocycles. The second-order valence-electron chi connectivity index (χ2n) is 9.05. The highest BCUT2D eigenvalue weighted by Gasteiger charge is 2.53. The summed E-state index contributed by atoms with van der Waals surface area (Å²) in [7, 11) is 0. The lowest BCUT2D eigenvalue weighted by molar-refractivity contribution is -0.373. The van der Waals surface area contributed by atoms with Gasteiger partial charge in [-0.3, -0.25) is 4.79 Å². The van der Waals surface area contributed by atoms with Crippen LogP contribution in [0, 0.1) is 0 Å². The normalized spacial score (nSPS) is 50.0. The molecule has 3 aliphatic heterocycles. The van der Waals surface area contributed by atoms with Crippen LogP contribution in [-0.4, -0.2) is 157 Å². The second-order valence-corrected chi connectivity index (χ2v) is 9.05. The van der Waals surface area contributed by atoms with E-state index in [1.165, 1.54) is 6.92 Å². The number of aliphatic hydroxyl groups is 9. The van der Waals surface area contributed by atoms with Crippen LogP contribution in [0.5, 0.6) is 0 Å². The molecule has 1 amide bonds. The highest BCUT2D eigenvalue weighted by molar-refractivity contribution is 5.73. The molecule has 15 atom stereocenters. The van der Waals surface area contributed by atoms with Crippen molar-refractivity contribution in [1.82, 2.24) is 5.32 Å². The van der Waals surface area contributed by atoms with Crippen molar-refractivity contribution in [3.63, 3.8) is 0 Å². The van der Waals surface area contributed by atoms with Crippen LogP contribution in [0.3, 0.4) is 0 Å². The molecular weight excluding hydrogens is 494 g/mol. The highest BCUT2D eigenvalue weighted by atomic mass is 16.7. The van der Waals surface area contributed by atoms with Crippen molar-refractivity contribution in [1.29, 1.82) is 0 Å². The van der Waals surface area contributed by atoms with Gasteiger partial charge in [-0.05, 0) is 6.92 Å². The first-order valence-corrected chi connectivity index (χ1v) is 11.4. The predicted molar refractivity (Wildman–Crippen MR) is 111 cm³/mol. The van der Waals surface area contributed by atoms with Gasteiger partial charge in [0.1, 0.15) is 67.1 Å². The number of amides is 1. The summed E-state index contributed by atoms with van der Waals surface area (Å²) >= 11 is 0. The van der Waals surface area contributed by atoms with E-state index < -0.39 is 111 Å². The van der Waals surface area contributed by atoms with Gasteiger partial charge in [0.25, 0.3) is 0 Å². The topological polar surface area (TPSA) is 257 Å². The van der Waals surface area contributed by atoms with Crippen molar-refractivity contribution in [3.8, 4) is 0 Å². The Morgan fingerprint density at radius 1 is 0.722 bits per heavy atom. The third-order valence-corrected chi connectivity index (χ3v) is 6.46. The summed E-state index contributed by atoms with van der Waals surface area (Å²) in [5, 5.41) is 94.0. The molecule has 3 heterocycles. The number of ether oxygens (including phenoxy) is 5. The fraction of sp³-hybridized carbons (Fsp3) is 0.950. The van der Waals surface area contributed by atoms with E-state index in [2.05, 4.69) is 5.32 Å². The Bertz CT molecular complexity index is 731. The standard InChI is InChI=1S/C20H35NO15/c1-5-10(25)13(28)14(29)19(32-5)36-17-11(26)7(3-22)34-20(15(17)30)35-16-8(4-23)33-18(31)9(12(16)27)21-6(2)24/h5,7-20,22-23,25-31H,3-4H2,1-2H3,(H,21,24)/t5-,7+,8+,9+,10+,11-,12+,13+,14-,15+,16+,17-,18?,19-,20-/m0/s1. The van der Waals surface area contributed by atoms with Crippen molar-refractivity contribution in [2.45, 2.75) is 106 Å². The van der Waals surface area contributed by atoms with Gasteiger partial charge in [0.05, 0.1) is 19.3 Å². The molecule has 10 N–H and O–H groups in total. The van der Waals surface area contributed by atoms with E-state index in [0.717, 1.165) is 6.92 Å². The van der Waals surface area contributed by atoms with Crippen LogP contribution in [0.4, 0.5) is 0 Å². The molecule has 16 heteroatoms. The lowest BCUT2D eigenvalue weighted by Gasteiger charge is -2.48. The summed E-state index contributed by atoms with van der Waals surface area (Å²) in [6, 6.07) is -1.37. The van der Waals surface area contributed by atoms with E-state index in [1.807, 2.05) is 0 Å². The Morgan fingerprint density at radius 3 is 1.89 bits per heavy atom. The minimum Gasteiger partial charge on any atom is -0.394 e. The van der Waals surface area contributed by atoms with Gasteiger partial charge in [0, 0.05) is 6.92 Å². The van der Waals surface area contributed by atoms with Crippen molar-refractivity contribution < 1.29 is 74.4 Å². The van der Waals surface area contributed by atoms with Gasteiger partial charge in [-0.1, -0.05) is 0 Å². The van der Waals surface area contributed by atoms with E-state index in [1.54, 1.807) is 0 Å². The zero-order chi connectivity index (χ0) is 26.9. The summed E-state index contributed by atoms with van der Waals surface area (Å²) in [5.41, 5.74) is 0. The Labute approximate surface area is 205 Å². The summed E-state index contributed by atoms with van der Waals surface area (Å²) in [6.45, 7) is 1.00. The number of rotatable bonds is 7. The van der Waals surface area contributed by atoms with E-state index in [9.17, 15) is 50.8 Å². The molecule has 0 radical (unpaired) electrons. The average Bonchev–Trinajstić information content (AvgIpc) is 2.83. The molecule has 3 rings (SSSR count). The van der Waals surface area contributed by atoms with Crippen molar-refractivity contribution in [2.24, 2.45) is 0 Å². The molecule has 1 unspecified atom stereocenters. The van der Waals surface area contributed by atoms with Gasteiger partial charge in [0.15, 0.2) is 18.9 Å². The minimum absolute atomic E-state index is 0.610. The SMILES string of the molecule is CC(=O)N[C@H]1C(O)O[C@H](CO)[C@@H](O[C@@H]2O[C@H](CO)[C@H](O)[C@H](O[C@@H]3O[C@@H](C)[C@@H](O)[C@@H](O)[C@@H]3O)[C@H]2O)[C@@H]1O. The van der Waals surface area contributed by atoms with Crippen LogP contribution in [0.2, 0.25) is 0 Å². The first kappa shape index (κ1) is 29.5. The van der Waals surface area contributed by atoms with Crippen LogP contribution in [0.15, 0.2) is 0 Å². The number of hydrogen-bond acceptors (Lipinski definition) is 15. The van der Waals surface area contributed by atoms with E-state index in [4.69, 9.17) is 23.7 Å². The minimum atomic E-state index is -1.85. The molecule has 3 aliphatic rings. The zero-order valence-corrected chi connectivity index (χ0v) is 19.5. The Kier molecular flexibility index (Phi) is 9.97. The van der Waals surface area contributed by atoms with Gasteiger partial charge in [-0.2, -0.15) is 0 Å². The molecule has 16 nitrogen and oxygen atoms in total. The Balaban J connectivity index is 1.79. The summed E-state index contributed by atoms with van der Waals surface area (Å²) in [5.74, 6) is -0.610. The molecule has 210 valence electrons. The largest absolute Gasteiger partial charge is 0.394 e. The maximum absolute atomic E-state index is 11.5. The first-order valence-electron chi connectivity index (χ1n) is 11.4. The van der Waals surface area contributed by atoms with Crippen LogP contribution in [-0.2, 0) is 28.5 Å². The van der Waals surface area contributed by atoms with Gasteiger partial charge in [-0.15, -0.1) is 0 Å². The average molecular weight is 529 g/mol. The van der Waals surface area contributed by atoms with Crippen molar-refractivity contribution >= 4 is 5.91 Å².